The lowest BCUT2D eigenvalue weighted by atomic mass is 10.0. The number of hydrogen-bond donors (Lipinski definition) is 1. The summed E-state index contributed by atoms with van der Waals surface area (Å²) in [5.41, 5.74) is 0.306. The van der Waals surface area contributed by atoms with Crippen molar-refractivity contribution in [2.75, 3.05) is 36.5 Å². The zero-order valence-electron chi connectivity index (χ0n) is 14.2. The number of carbonyl (C=O) groups excluding carboxylic acids is 2. The third kappa shape index (κ3) is 3.44. The van der Waals surface area contributed by atoms with Crippen LogP contribution in [-0.4, -0.2) is 83.2 Å². The molecule has 0 saturated carbocycles. The van der Waals surface area contributed by atoms with E-state index in [-0.39, 0.29) is 23.3 Å². The predicted octanol–water partition coefficient (Wildman–Crippen LogP) is -0.622. The van der Waals surface area contributed by atoms with E-state index in [4.69, 9.17) is 0 Å². The van der Waals surface area contributed by atoms with Crippen molar-refractivity contribution in [2.45, 2.75) is 25.9 Å². The first-order valence-corrected chi connectivity index (χ1v) is 9.99. The van der Waals surface area contributed by atoms with Gasteiger partial charge in [-0.05, 0) is 6.92 Å². The van der Waals surface area contributed by atoms with Crippen LogP contribution in [0.3, 0.4) is 0 Å². The second-order valence-electron chi connectivity index (χ2n) is 6.25. The second kappa shape index (κ2) is 6.58. The average molecular weight is 367 g/mol. The summed E-state index contributed by atoms with van der Waals surface area (Å²) in [6.07, 6.45) is 2.87. The van der Waals surface area contributed by atoms with Crippen molar-refractivity contribution in [1.82, 2.24) is 19.8 Å². The first kappa shape index (κ1) is 17.6. The minimum Gasteiger partial charge on any atom is -0.355 e. The highest BCUT2D eigenvalue weighted by Crippen LogP contribution is 2.28. The largest absolute Gasteiger partial charge is 0.355 e. The normalized spacial score (nSPS) is 24.7. The van der Waals surface area contributed by atoms with E-state index in [0.29, 0.717) is 31.1 Å². The number of nitrogens with one attached hydrogen (secondary N) is 1. The number of amides is 2. The Balaban J connectivity index is 1.84. The Morgan fingerprint density at radius 3 is 2.28 bits per heavy atom. The number of anilines is 1. The molecule has 2 saturated heterocycles. The molecule has 1 N–H and O–H groups in total. The fourth-order valence-electron chi connectivity index (χ4n) is 3.45. The van der Waals surface area contributed by atoms with Crippen LogP contribution in [0.4, 0.5) is 5.95 Å². The number of aromatic nitrogens is 2. The van der Waals surface area contributed by atoms with E-state index in [1.165, 1.54) is 19.3 Å². The Kier molecular flexibility index (Phi) is 4.63. The van der Waals surface area contributed by atoms with Gasteiger partial charge in [0.2, 0.25) is 11.9 Å². The topological polar surface area (TPSA) is 113 Å². The maximum atomic E-state index is 12.8. The molecule has 0 radical (unpaired) electrons. The molecule has 0 unspecified atom stereocenters. The highest BCUT2D eigenvalue weighted by molar-refractivity contribution is 7.91. The molecule has 0 aliphatic carbocycles. The number of hydrogen-bond acceptors (Lipinski definition) is 7. The van der Waals surface area contributed by atoms with Gasteiger partial charge in [0.15, 0.2) is 9.84 Å². The van der Waals surface area contributed by atoms with E-state index in [1.54, 1.807) is 9.80 Å². The summed E-state index contributed by atoms with van der Waals surface area (Å²) in [6.45, 7) is 4.63. The van der Waals surface area contributed by atoms with Gasteiger partial charge < -0.3 is 15.1 Å². The second-order valence-corrected chi connectivity index (χ2v) is 8.40. The average Bonchev–Trinajstić information content (AvgIpc) is 2.88. The zero-order valence-corrected chi connectivity index (χ0v) is 15.0. The molecule has 1 aromatic heterocycles. The zero-order chi connectivity index (χ0) is 18.2. The maximum Gasteiger partial charge on any atom is 0.257 e. The Bertz CT molecular complexity index is 780. The Labute approximate surface area is 146 Å². The smallest absolute Gasteiger partial charge is 0.257 e. The molecule has 136 valence electrons. The first-order chi connectivity index (χ1) is 11.8. The van der Waals surface area contributed by atoms with E-state index in [2.05, 4.69) is 15.3 Å². The monoisotopic (exact) mass is 367 g/mol. The van der Waals surface area contributed by atoms with Crippen LogP contribution in [0, 0.1) is 0 Å². The van der Waals surface area contributed by atoms with Gasteiger partial charge in [-0.2, -0.15) is 0 Å². The van der Waals surface area contributed by atoms with Gasteiger partial charge in [-0.15, -0.1) is 0 Å². The van der Waals surface area contributed by atoms with Crippen LogP contribution >= 0.6 is 0 Å². The molecule has 3 rings (SSSR count). The van der Waals surface area contributed by atoms with E-state index >= 15 is 0 Å². The molecule has 2 aliphatic rings. The molecular formula is C15H21N5O4S. The summed E-state index contributed by atoms with van der Waals surface area (Å²) in [4.78, 5) is 35.9. The van der Waals surface area contributed by atoms with Gasteiger partial charge in [-0.3, -0.25) is 9.59 Å². The molecule has 0 bridgehead atoms. The molecule has 1 aromatic rings. The number of sulfone groups is 1. The van der Waals surface area contributed by atoms with Gasteiger partial charge in [0, 0.05) is 39.0 Å². The van der Waals surface area contributed by atoms with E-state index < -0.39 is 21.9 Å². The van der Waals surface area contributed by atoms with Crippen molar-refractivity contribution in [2.24, 2.45) is 0 Å². The number of piperazine rings is 1. The molecule has 2 aliphatic heterocycles. The van der Waals surface area contributed by atoms with Crippen molar-refractivity contribution in [3.8, 4) is 0 Å². The first-order valence-electron chi connectivity index (χ1n) is 8.17. The molecule has 0 aromatic carbocycles. The van der Waals surface area contributed by atoms with Crippen molar-refractivity contribution in [3.05, 3.63) is 18.0 Å². The minimum absolute atomic E-state index is 0.100. The van der Waals surface area contributed by atoms with Crippen LogP contribution in [0.25, 0.3) is 0 Å². The van der Waals surface area contributed by atoms with Crippen LogP contribution in [0.1, 0.15) is 24.2 Å². The van der Waals surface area contributed by atoms with Gasteiger partial charge >= 0.3 is 0 Å². The Morgan fingerprint density at radius 1 is 1.16 bits per heavy atom. The van der Waals surface area contributed by atoms with Crippen molar-refractivity contribution in [1.29, 1.82) is 0 Å². The molecule has 25 heavy (non-hydrogen) atoms. The lowest BCUT2D eigenvalue weighted by molar-refractivity contribution is -0.133. The quantitative estimate of drug-likeness (QED) is 0.757. The molecule has 2 amide bonds. The number of rotatable bonds is 3. The number of carbonyl (C=O) groups is 2. The van der Waals surface area contributed by atoms with E-state index in [9.17, 15) is 18.0 Å². The van der Waals surface area contributed by atoms with Crippen LogP contribution in [-0.2, 0) is 14.6 Å². The summed E-state index contributed by atoms with van der Waals surface area (Å²) < 4.78 is 24.2. The SMILES string of the molecule is CCNc1ncc(C(=O)N2CCN(C(C)=O)[C@H]3CS(=O)(=O)C[C@H]32)cn1. The highest BCUT2D eigenvalue weighted by atomic mass is 32.2. The van der Waals surface area contributed by atoms with Gasteiger partial charge in [0.25, 0.3) is 5.91 Å². The third-order valence-corrected chi connectivity index (χ3v) is 6.27. The number of fused-ring (bicyclic) bond motifs is 1. The van der Waals surface area contributed by atoms with Crippen LogP contribution in [0.15, 0.2) is 12.4 Å². The summed E-state index contributed by atoms with van der Waals surface area (Å²) in [7, 11) is -3.29. The molecule has 3 heterocycles. The maximum absolute atomic E-state index is 12.8. The minimum atomic E-state index is -3.29. The van der Waals surface area contributed by atoms with Gasteiger partial charge in [-0.25, -0.2) is 18.4 Å². The van der Waals surface area contributed by atoms with Gasteiger partial charge in [0.05, 0.1) is 29.2 Å². The Hall–Kier alpha value is -2.23. The highest BCUT2D eigenvalue weighted by Gasteiger charge is 2.49. The third-order valence-electron chi connectivity index (χ3n) is 4.58. The fourth-order valence-corrected chi connectivity index (χ4v) is 5.43. The van der Waals surface area contributed by atoms with Crippen molar-refractivity contribution >= 4 is 27.6 Å². The van der Waals surface area contributed by atoms with Crippen molar-refractivity contribution in [3.63, 3.8) is 0 Å². The Morgan fingerprint density at radius 2 is 1.72 bits per heavy atom. The van der Waals surface area contributed by atoms with Gasteiger partial charge in [-0.1, -0.05) is 0 Å². The fraction of sp³-hybridized carbons (Fsp3) is 0.600. The van der Waals surface area contributed by atoms with Crippen LogP contribution < -0.4 is 5.32 Å². The summed E-state index contributed by atoms with van der Waals surface area (Å²) in [6, 6.07) is -1.01. The standard InChI is InChI=1S/C15H21N5O4S/c1-3-16-15-17-6-11(7-18-15)14(22)20-5-4-19(10(2)21)12-8-25(23,24)9-13(12)20/h6-7,12-13H,3-5,8-9H2,1-2H3,(H,16,17,18)/t12-,13+/m0/s1. The summed E-state index contributed by atoms with van der Waals surface area (Å²) >= 11 is 0. The summed E-state index contributed by atoms with van der Waals surface area (Å²) in [5.74, 6) is -0.266. The predicted molar refractivity (Wildman–Crippen MR) is 90.8 cm³/mol. The van der Waals surface area contributed by atoms with E-state index in [0.717, 1.165) is 0 Å². The molecule has 0 spiro atoms. The van der Waals surface area contributed by atoms with E-state index in [1.807, 2.05) is 6.92 Å². The molecule has 10 heteroatoms. The van der Waals surface area contributed by atoms with Crippen LogP contribution in [0.2, 0.25) is 0 Å². The molecule has 2 atom stereocenters. The molecule has 2 fully saturated rings. The summed E-state index contributed by atoms with van der Waals surface area (Å²) in [5, 5.41) is 2.95. The number of nitrogens with zero attached hydrogens (tertiary/aromatic N) is 4. The lowest BCUT2D eigenvalue weighted by Gasteiger charge is -2.43. The molecule has 9 nitrogen and oxygen atoms in total. The lowest BCUT2D eigenvalue weighted by Crippen LogP contribution is -2.61. The molecular weight excluding hydrogens is 346 g/mol. The van der Waals surface area contributed by atoms with Gasteiger partial charge in [0.1, 0.15) is 0 Å². The van der Waals surface area contributed by atoms with Crippen molar-refractivity contribution < 1.29 is 18.0 Å². The van der Waals surface area contributed by atoms with Crippen LogP contribution in [0.5, 0.6) is 0 Å².